The van der Waals surface area contributed by atoms with Gasteiger partial charge in [-0.25, -0.2) is 0 Å². The van der Waals surface area contributed by atoms with Gasteiger partial charge in [0.15, 0.2) is 5.96 Å². The third-order valence-corrected chi connectivity index (χ3v) is 8.20. The van der Waals surface area contributed by atoms with Gasteiger partial charge in [0.05, 0.1) is 6.54 Å². The molecule has 29 heavy (non-hydrogen) atoms. The molecular formula is C23H44IN5. The summed E-state index contributed by atoms with van der Waals surface area (Å²) in [5.74, 6) is 1.20. The number of halogens is 1. The summed E-state index contributed by atoms with van der Waals surface area (Å²) in [5.41, 5.74) is 0.896. The maximum Gasteiger partial charge on any atom is 0.193 e. The van der Waals surface area contributed by atoms with Crippen molar-refractivity contribution in [3.8, 4) is 0 Å². The molecule has 3 saturated heterocycles. The van der Waals surface area contributed by atoms with E-state index >= 15 is 0 Å². The molecule has 5 nitrogen and oxygen atoms in total. The molecule has 0 aromatic heterocycles. The van der Waals surface area contributed by atoms with Crippen LogP contribution in [0, 0.1) is 5.41 Å². The predicted octanol–water partition coefficient (Wildman–Crippen LogP) is 3.79. The third-order valence-electron chi connectivity index (χ3n) is 8.20. The number of piperidine rings is 2. The molecule has 0 aromatic carbocycles. The van der Waals surface area contributed by atoms with Crippen molar-refractivity contribution in [2.45, 2.75) is 76.7 Å². The van der Waals surface area contributed by atoms with Gasteiger partial charge in [-0.15, -0.1) is 24.0 Å². The molecule has 0 unspecified atom stereocenters. The highest BCUT2D eigenvalue weighted by molar-refractivity contribution is 14.0. The highest BCUT2D eigenvalue weighted by atomic mass is 127. The Kier molecular flexibility index (Phi) is 8.53. The van der Waals surface area contributed by atoms with E-state index in [1.165, 1.54) is 109 Å². The highest BCUT2D eigenvalue weighted by Gasteiger charge is 2.42. The van der Waals surface area contributed by atoms with Crippen molar-refractivity contribution in [3.05, 3.63) is 0 Å². The van der Waals surface area contributed by atoms with Crippen molar-refractivity contribution in [2.24, 2.45) is 10.4 Å². The summed E-state index contributed by atoms with van der Waals surface area (Å²) >= 11 is 0. The Balaban J connectivity index is 0.00000240. The first-order chi connectivity index (χ1) is 13.6. The van der Waals surface area contributed by atoms with Crippen LogP contribution in [0.1, 0.15) is 71.1 Å². The van der Waals surface area contributed by atoms with Gasteiger partial charge in [-0.2, -0.15) is 0 Å². The SMILES string of the molecule is CCNC(=NCC1(N2CCCCC2)CCN(C)CC1)N1CCC2(CCCC2)C1.I. The molecule has 4 aliphatic rings. The van der Waals surface area contributed by atoms with Crippen LogP contribution >= 0.6 is 24.0 Å². The first kappa shape index (κ1) is 23.6. The molecular weight excluding hydrogens is 473 g/mol. The molecule has 6 heteroatoms. The lowest BCUT2D eigenvalue weighted by atomic mass is 9.84. The van der Waals surface area contributed by atoms with Gasteiger partial charge in [0.25, 0.3) is 0 Å². The van der Waals surface area contributed by atoms with Gasteiger partial charge in [-0.3, -0.25) is 9.89 Å². The second-order valence-corrected chi connectivity index (χ2v) is 10.1. The van der Waals surface area contributed by atoms with Gasteiger partial charge < -0.3 is 15.1 Å². The average Bonchev–Trinajstić information content (AvgIpc) is 3.37. The minimum absolute atomic E-state index is 0. The molecule has 0 bridgehead atoms. The summed E-state index contributed by atoms with van der Waals surface area (Å²) in [5, 5.41) is 3.65. The van der Waals surface area contributed by atoms with E-state index in [4.69, 9.17) is 4.99 Å². The van der Waals surface area contributed by atoms with Gasteiger partial charge in [-0.05, 0) is 90.5 Å². The molecule has 1 N–H and O–H groups in total. The first-order valence-corrected chi connectivity index (χ1v) is 12.1. The highest BCUT2D eigenvalue weighted by Crippen LogP contribution is 2.45. The van der Waals surface area contributed by atoms with Crippen molar-refractivity contribution in [2.75, 3.05) is 59.4 Å². The lowest BCUT2D eigenvalue weighted by Crippen LogP contribution is -2.58. The van der Waals surface area contributed by atoms with E-state index in [0.717, 1.165) is 13.1 Å². The Morgan fingerprint density at radius 3 is 2.21 bits per heavy atom. The number of aliphatic imine (C=N–C) groups is 1. The Hall–Kier alpha value is -0.0800. The monoisotopic (exact) mass is 517 g/mol. The number of rotatable bonds is 4. The van der Waals surface area contributed by atoms with Crippen LogP contribution in [-0.4, -0.2) is 85.6 Å². The van der Waals surface area contributed by atoms with Gasteiger partial charge in [0.2, 0.25) is 0 Å². The van der Waals surface area contributed by atoms with E-state index in [1.54, 1.807) is 0 Å². The number of guanidine groups is 1. The molecule has 1 saturated carbocycles. The lowest BCUT2D eigenvalue weighted by molar-refractivity contribution is 0.0206. The van der Waals surface area contributed by atoms with E-state index in [1.807, 2.05) is 0 Å². The lowest BCUT2D eigenvalue weighted by Gasteiger charge is -2.49. The van der Waals surface area contributed by atoms with Crippen LogP contribution in [0.15, 0.2) is 4.99 Å². The van der Waals surface area contributed by atoms with E-state index in [9.17, 15) is 0 Å². The van der Waals surface area contributed by atoms with Crippen LogP contribution in [0.3, 0.4) is 0 Å². The van der Waals surface area contributed by atoms with Crippen molar-refractivity contribution in [3.63, 3.8) is 0 Å². The van der Waals surface area contributed by atoms with E-state index in [0.29, 0.717) is 11.0 Å². The van der Waals surface area contributed by atoms with E-state index < -0.39 is 0 Å². The summed E-state index contributed by atoms with van der Waals surface area (Å²) in [6.45, 7) is 11.6. The molecule has 4 fully saturated rings. The van der Waals surface area contributed by atoms with Crippen LogP contribution in [0.25, 0.3) is 0 Å². The van der Waals surface area contributed by atoms with Gasteiger partial charge in [0.1, 0.15) is 0 Å². The van der Waals surface area contributed by atoms with Crippen LogP contribution in [0.2, 0.25) is 0 Å². The molecule has 4 rings (SSSR count). The fraction of sp³-hybridized carbons (Fsp3) is 0.957. The first-order valence-electron chi connectivity index (χ1n) is 12.1. The van der Waals surface area contributed by atoms with Crippen LogP contribution < -0.4 is 5.32 Å². The molecule has 1 aliphatic carbocycles. The second kappa shape index (κ2) is 10.5. The van der Waals surface area contributed by atoms with E-state index in [-0.39, 0.29) is 24.0 Å². The molecule has 3 heterocycles. The number of likely N-dealkylation sites (tertiary alicyclic amines) is 3. The smallest absolute Gasteiger partial charge is 0.193 e. The summed E-state index contributed by atoms with van der Waals surface area (Å²) in [6, 6.07) is 0. The Morgan fingerprint density at radius 2 is 1.55 bits per heavy atom. The molecule has 0 aromatic rings. The maximum absolute atomic E-state index is 5.32. The third kappa shape index (κ3) is 5.40. The summed E-state index contributed by atoms with van der Waals surface area (Å²) in [4.78, 5) is 13.2. The molecule has 0 amide bonds. The number of nitrogens with one attached hydrogen (secondary N) is 1. The molecule has 3 aliphatic heterocycles. The zero-order chi connectivity index (χ0) is 19.5. The largest absolute Gasteiger partial charge is 0.357 e. The van der Waals surface area contributed by atoms with Crippen LogP contribution in [0.5, 0.6) is 0 Å². The summed E-state index contributed by atoms with van der Waals surface area (Å²) in [7, 11) is 2.28. The topological polar surface area (TPSA) is 34.1 Å². The van der Waals surface area contributed by atoms with Gasteiger partial charge >= 0.3 is 0 Å². The minimum Gasteiger partial charge on any atom is -0.357 e. The minimum atomic E-state index is 0. The van der Waals surface area contributed by atoms with E-state index in [2.05, 4.69) is 34.0 Å². The number of hydrogen-bond donors (Lipinski definition) is 1. The Morgan fingerprint density at radius 1 is 0.862 bits per heavy atom. The standard InChI is InChI=1S/C23H43N5.HI/c1-3-24-21(27-18-11-22(20-27)9-5-6-10-22)25-19-23(12-16-26(2)17-13-23)28-14-7-4-8-15-28;/h3-20H2,1-2H3,(H,24,25);1H. The Labute approximate surface area is 196 Å². The van der Waals surface area contributed by atoms with Crippen molar-refractivity contribution in [1.29, 1.82) is 0 Å². The number of nitrogens with zero attached hydrogens (tertiary/aromatic N) is 4. The zero-order valence-corrected chi connectivity index (χ0v) is 21.3. The van der Waals surface area contributed by atoms with Crippen molar-refractivity contribution in [1.82, 2.24) is 20.0 Å². The quantitative estimate of drug-likeness (QED) is 0.350. The molecule has 0 radical (unpaired) electrons. The molecule has 1 spiro atoms. The Bertz CT molecular complexity index is 531. The predicted molar refractivity (Wildman–Crippen MR) is 133 cm³/mol. The maximum atomic E-state index is 5.32. The number of hydrogen-bond acceptors (Lipinski definition) is 3. The van der Waals surface area contributed by atoms with Gasteiger partial charge in [0, 0.05) is 25.2 Å². The van der Waals surface area contributed by atoms with Gasteiger partial charge in [-0.1, -0.05) is 19.3 Å². The summed E-state index contributed by atoms with van der Waals surface area (Å²) < 4.78 is 0. The van der Waals surface area contributed by atoms with Crippen molar-refractivity contribution < 1.29 is 0 Å². The van der Waals surface area contributed by atoms with Crippen LogP contribution in [0.4, 0.5) is 0 Å². The fourth-order valence-electron chi connectivity index (χ4n) is 6.27. The molecule has 168 valence electrons. The fourth-order valence-corrected chi connectivity index (χ4v) is 6.27. The molecule has 0 atom stereocenters. The van der Waals surface area contributed by atoms with Crippen LogP contribution in [-0.2, 0) is 0 Å². The average molecular weight is 518 g/mol. The summed E-state index contributed by atoms with van der Waals surface area (Å²) in [6.07, 6.45) is 13.8. The zero-order valence-electron chi connectivity index (χ0n) is 18.9. The second-order valence-electron chi connectivity index (χ2n) is 10.1. The normalized spacial score (nSPS) is 27.9. The van der Waals surface area contributed by atoms with Crippen molar-refractivity contribution >= 4 is 29.9 Å².